The first-order valence-electron chi connectivity index (χ1n) is 10.8. The van der Waals surface area contributed by atoms with Crippen molar-refractivity contribution >= 4 is 22.9 Å². The van der Waals surface area contributed by atoms with Crippen molar-refractivity contribution in [3.63, 3.8) is 0 Å². The van der Waals surface area contributed by atoms with E-state index in [1.807, 2.05) is 47.2 Å². The number of amides is 1. The zero-order valence-corrected chi connectivity index (χ0v) is 19.4. The van der Waals surface area contributed by atoms with Crippen LogP contribution in [-0.2, 0) is 6.54 Å². The van der Waals surface area contributed by atoms with E-state index < -0.39 is 0 Å². The van der Waals surface area contributed by atoms with Crippen LogP contribution in [-0.4, -0.2) is 17.0 Å². The Bertz CT molecular complexity index is 1050. The average molecular weight is 437 g/mol. The summed E-state index contributed by atoms with van der Waals surface area (Å²) in [7, 11) is 0. The third-order valence-electron chi connectivity index (χ3n) is 5.19. The summed E-state index contributed by atoms with van der Waals surface area (Å²) < 4.78 is 2.05. The van der Waals surface area contributed by atoms with E-state index in [1.54, 1.807) is 0 Å². The zero-order chi connectivity index (χ0) is 22.2. The van der Waals surface area contributed by atoms with Crippen LogP contribution in [0.2, 0.25) is 0 Å². The number of nitrogens with two attached hydrogens (primary N) is 1. The molecular weight excluding hydrogens is 404 g/mol. The number of thiazole rings is 1. The van der Waals surface area contributed by atoms with Crippen molar-refractivity contribution in [1.82, 2.24) is 9.88 Å². The Morgan fingerprint density at radius 1 is 1.10 bits per heavy atom. The van der Waals surface area contributed by atoms with Crippen molar-refractivity contribution in [3.8, 4) is 0 Å². The summed E-state index contributed by atoms with van der Waals surface area (Å²) in [6, 6.07) is 16.2. The lowest BCUT2D eigenvalue weighted by atomic mass is 10.1. The largest absolute Gasteiger partial charge is 0.344 e. The number of hydrogen-bond donors (Lipinski definition) is 2. The molecule has 1 atom stereocenters. The molecule has 1 unspecified atom stereocenters. The van der Waals surface area contributed by atoms with Crippen LogP contribution in [0, 0.1) is 13.8 Å². The Balaban J connectivity index is 1.90. The minimum absolute atomic E-state index is 0.0703. The van der Waals surface area contributed by atoms with E-state index in [0.29, 0.717) is 12.2 Å². The summed E-state index contributed by atoms with van der Waals surface area (Å²) in [5, 5.41) is 5.05. The molecule has 0 aliphatic heterocycles. The number of hydrogen-bond acceptors (Lipinski definition) is 4. The molecule has 164 valence electrons. The van der Waals surface area contributed by atoms with E-state index in [0.717, 1.165) is 41.9 Å². The molecule has 3 aromatic rings. The lowest BCUT2D eigenvalue weighted by molar-refractivity contribution is 0.0929. The summed E-state index contributed by atoms with van der Waals surface area (Å²) in [6.07, 6.45) is 2.98. The van der Waals surface area contributed by atoms with Gasteiger partial charge in [0, 0.05) is 11.9 Å². The fourth-order valence-corrected chi connectivity index (χ4v) is 4.56. The lowest BCUT2D eigenvalue weighted by Crippen LogP contribution is -2.31. The van der Waals surface area contributed by atoms with E-state index in [4.69, 9.17) is 10.7 Å². The first kappa shape index (κ1) is 23.0. The molecule has 1 aromatic heterocycles. The highest BCUT2D eigenvalue weighted by atomic mass is 32.1. The number of carbonyl (C=O) groups is 1. The molecule has 0 radical (unpaired) electrons. The summed E-state index contributed by atoms with van der Waals surface area (Å²) in [5.74, 6) is -0.0756. The van der Waals surface area contributed by atoms with E-state index in [9.17, 15) is 4.79 Å². The molecule has 31 heavy (non-hydrogen) atoms. The van der Waals surface area contributed by atoms with E-state index in [1.165, 1.54) is 22.5 Å². The zero-order valence-electron chi connectivity index (χ0n) is 18.6. The molecule has 0 fully saturated rings. The summed E-state index contributed by atoms with van der Waals surface area (Å²) in [5.41, 5.74) is 10.7. The van der Waals surface area contributed by atoms with E-state index >= 15 is 0 Å². The van der Waals surface area contributed by atoms with Crippen LogP contribution >= 0.6 is 11.3 Å². The third-order valence-corrected chi connectivity index (χ3v) is 6.06. The number of rotatable bonds is 9. The van der Waals surface area contributed by atoms with Gasteiger partial charge in [-0.1, -0.05) is 42.8 Å². The summed E-state index contributed by atoms with van der Waals surface area (Å²) in [4.78, 5) is 18.8. The molecule has 1 amide bonds. The molecule has 0 saturated carbocycles. The number of nitrogens with zero attached hydrogens (tertiary/aromatic N) is 2. The van der Waals surface area contributed by atoms with Crippen molar-refractivity contribution < 1.29 is 4.79 Å². The molecule has 0 aliphatic carbocycles. The van der Waals surface area contributed by atoms with Gasteiger partial charge in [-0.25, -0.2) is 4.99 Å². The molecule has 0 spiro atoms. The Morgan fingerprint density at radius 2 is 1.81 bits per heavy atom. The van der Waals surface area contributed by atoms with Crippen molar-refractivity contribution in [2.45, 2.75) is 52.6 Å². The number of unbranched alkanes of at least 4 members (excludes halogenated alkanes) is 2. The Morgan fingerprint density at radius 3 is 2.48 bits per heavy atom. The molecule has 3 rings (SSSR count). The van der Waals surface area contributed by atoms with Gasteiger partial charge in [-0.3, -0.25) is 4.79 Å². The maximum atomic E-state index is 13.1. The van der Waals surface area contributed by atoms with Gasteiger partial charge in [-0.2, -0.15) is 0 Å². The molecule has 0 saturated heterocycles. The van der Waals surface area contributed by atoms with Crippen LogP contribution < -0.4 is 15.9 Å². The molecule has 0 bridgehead atoms. The summed E-state index contributed by atoms with van der Waals surface area (Å²) >= 11 is 1.51. The second-order valence-corrected chi connectivity index (χ2v) is 8.80. The number of aromatic nitrogens is 1. The van der Waals surface area contributed by atoms with Crippen LogP contribution in [0.5, 0.6) is 0 Å². The normalized spacial score (nSPS) is 12.7. The SMILES string of the molecule is Cc1cc(C)cc(/N=c2\scc(C(=O)NC(C)c3ccccc3)n2CCCCCN)c1. The quantitative estimate of drug-likeness (QED) is 0.462. The Labute approximate surface area is 188 Å². The number of carbonyl (C=O) groups excluding carboxylic acids is 1. The van der Waals surface area contributed by atoms with Gasteiger partial charge < -0.3 is 15.6 Å². The van der Waals surface area contributed by atoms with E-state index in [2.05, 4.69) is 37.4 Å². The Hall–Kier alpha value is -2.70. The second kappa shape index (κ2) is 11.1. The number of aryl methyl sites for hydroxylation is 2. The van der Waals surface area contributed by atoms with Gasteiger partial charge in [0.05, 0.1) is 11.7 Å². The highest BCUT2D eigenvalue weighted by Crippen LogP contribution is 2.18. The lowest BCUT2D eigenvalue weighted by Gasteiger charge is -2.15. The van der Waals surface area contributed by atoms with Gasteiger partial charge in [0.2, 0.25) is 0 Å². The molecule has 1 heterocycles. The van der Waals surface area contributed by atoms with Gasteiger partial charge >= 0.3 is 0 Å². The van der Waals surface area contributed by atoms with E-state index in [-0.39, 0.29) is 11.9 Å². The van der Waals surface area contributed by atoms with Gasteiger partial charge in [-0.15, -0.1) is 11.3 Å². The van der Waals surface area contributed by atoms with Gasteiger partial charge in [-0.05, 0) is 69.0 Å². The van der Waals surface area contributed by atoms with Crippen LogP contribution in [0.4, 0.5) is 5.69 Å². The van der Waals surface area contributed by atoms with Gasteiger partial charge in [0.15, 0.2) is 4.80 Å². The van der Waals surface area contributed by atoms with Crippen molar-refractivity contribution in [1.29, 1.82) is 0 Å². The highest BCUT2D eigenvalue weighted by molar-refractivity contribution is 7.07. The van der Waals surface area contributed by atoms with Gasteiger partial charge in [0.25, 0.3) is 5.91 Å². The first-order chi connectivity index (χ1) is 15.0. The van der Waals surface area contributed by atoms with Crippen molar-refractivity contribution in [3.05, 3.63) is 81.1 Å². The molecule has 3 N–H and O–H groups in total. The van der Waals surface area contributed by atoms with Crippen molar-refractivity contribution in [2.24, 2.45) is 10.7 Å². The number of nitrogens with one attached hydrogen (secondary N) is 1. The summed E-state index contributed by atoms with van der Waals surface area (Å²) in [6.45, 7) is 7.59. The monoisotopic (exact) mass is 436 g/mol. The smallest absolute Gasteiger partial charge is 0.269 e. The highest BCUT2D eigenvalue weighted by Gasteiger charge is 2.17. The second-order valence-electron chi connectivity index (χ2n) is 7.97. The topological polar surface area (TPSA) is 72.4 Å². The molecular formula is C25H32N4OS. The van der Waals surface area contributed by atoms with Crippen LogP contribution in [0.3, 0.4) is 0 Å². The standard InChI is InChI=1S/C25H32N4OS/c1-18-14-19(2)16-22(15-18)28-25-29(13-9-5-8-12-26)23(17-31-25)24(30)27-20(3)21-10-6-4-7-11-21/h4,6-7,10-11,14-17,20H,5,8-9,12-13,26H2,1-3H3,(H,27,30)/b28-25-. The van der Waals surface area contributed by atoms with Crippen LogP contribution in [0.15, 0.2) is 58.9 Å². The predicted molar refractivity (Wildman–Crippen MR) is 129 cm³/mol. The maximum Gasteiger partial charge on any atom is 0.269 e. The van der Waals surface area contributed by atoms with Crippen LogP contribution in [0.25, 0.3) is 0 Å². The fourth-order valence-electron chi connectivity index (χ4n) is 3.63. The van der Waals surface area contributed by atoms with Gasteiger partial charge in [0.1, 0.15) is 5.69 Å². The third kappa shape index (κ3) is 6.39. The Kier molecular flexibility index (Phi) is 8.20. The van der Waals surface area contributed by atoms with Crippen molar-refractivity contribution in [2.75, 3.05) is 6.54 Å². The maximum absolute atomic E-state index is 13.1. The van der Waals surface area contributed by atoms with Crippen LogP contribution in [0.1, 0.15) is 59.4 Å². The molecule has 5 nitrogen and oxygen atoms in total. The minimum Gasteiger partial charge on any atom is -0.344 e. The molecule has 6 heteroatoms. The average Bonchev–Trinajstić information content (AvgIpc) is 3.13. The predicted octanol–water partition coefficient (Wildman–Crippen LogP) is 5.02. The first-order valence-corrected chi connectivity index (χ1v) is 11.7. The molecule has 0 aliphatic rings. The minimum atomic E-state index is -0.0756. The molecule has 2 aromatic carbocycles. The number of benzene rings is 2. The fraction of sp³-hybridized carbons (Fsp3) is 0.360.